The van der Waals surface area contributed by atoms with Crippen molar-refractivity contribution in [2.45, 2.75) is 55.4 Å². The van der Waals surface area contributed by atoms with E-state index in [1.165, 1.54) is 27.6 Å². The zero-order valence-electron chi connectivity index (χ0n) is 10.0. The summed E-state index contributed by atoms with van der Waals surface area (Å²) in [4.78, 5) is 19.5. The first kappa shape index (κ1) is 29.4. The van der Waals surface area contributed by atoms with Crippen LogP contribution in [0.1, 0.15) is 55.4 Å². The molecule has 0 bridgehead atoms. The van der Waals surface area contributed by atoms with Crippen molar-refractivity contribution in [3.8, 4) is 0 Å². The fourth-order valence-electron chi connectivity index (χ4n) is 0.144. The highest BCUT2D eigenvalue weighted by molar-refractivity contribution is 5.68. The molecule has 0 amide bonds. The fraction of sp³-hybridized carbons (Fsp3) is 0.833. The minimum Gasteiger partial charge on any atom is -0.469 e. The summed E-state index contributed by atoms with van der Waals surface area (Å²) in [7, 11) is 2.73. The van der Waals surface area contributed by atoms with Crippen LogP contribution in [-0.4, -0.2) is 26.2 Å². The number of ether oxygens (including phenoxy) is 2. The second-order valence-electron chi connectivity index (χ2n) is 2.33. The zero-order chi connectivity index (χ0) is 12.0. The summed E-state index contributed by atoms with van der Waals surface area (Å²) in [5.41, 5.74) is 0. The van der Waals surface area contributed by atoms with Crippen molar-refractivity contribution in [2.75, 3.05) is 14.2 Å². The van der Waals surface area contributed by atoms with Crippen molar-refractivity contribution in [2.24, 2.45) is 0 Å². The van der Waals surface area contributed by atoms with E-state index in [1.54, 1.807) is 6.92 Å². The molecule has 0 fully saturated rings. The quantitative estimate of drug-likeness (QED) is 0.657. The van der Waals surface area contributed by atoms with Gasteiger partial charge in [0.25, 0.3) is 0 Å². The van der Waals surface area contributed by atoms with Crippen molar-refractivity contribution in [1.82, 2.24) is 0 Å². The topological polar surface area (TPSA) is 52.6 Å². The van der Waals surface area contributed by atoms with Gasteiger partial charge in [0.2, 0.25) is 0 Å². The first-order chi connectivity index (χ1) is 6.49. The van der Waals surface area contributed by atoms with Gasteiger partial charge in [0.15, 0.2) is 0 Å². The molecule has 0 aromatic rings. The van der Waals surface area contributed by atoms with Crippen molar-refractivity contribution in [1.29, 1.82) is 0 Å². The number of hydrogen-bond acceptors (Lipinski definition) is 4. The molecule has 0 aromatic heterocycles. The van der Waals surface area contributed by atoms with E-state index >= 15 is 0 Å². The molecule has 0 aliphatic carbocycles. The number of methoxy groups -OCH3 is 2. The average Bonchev–Trinajstić information content (AvgIpc) is 2.18. The summed E-state index contributed by atoms with van der Waals surface area (Å²) in [5.74, 6) is -0.403. The van der Waals surface area contributed by atoms with Crippen LogP contribution in [0.5, 0.6) is 0 Å². The van der Waals surface area contributed by atoms with E-state index in [-0.39, 0.29) is 26.8 Å². The summed E-state index contributed by atoms with van der Waals surface area (Å²) < 4.78 is 8.37. The molecule has 4 heteroatoms. The standard InChI is InChI=1S/C4H8O2.C3H6O2.C3H8.2CH4/c1-3-4(5)6-2;1-3(4)5-2;1-3-2;;/h3H2,1-2H3;1-2H3;3H2,1-2H3;2*1H4. The van der Waals surface area contributed by atoms with Gasteiger partial charge in [-0.2, -0.15) is 0 Å². The van der Waals surface area contributed by atoms with Gasteiger partial charge in [0, 0.05) is 13.3 Å². The lowest BCUT2D eigenvalue weighted by molar-refractivity contribution is -0.140. The van der Waals surface area contributed by atoms with E-state index in [4.69, 9.17) is 0 Å². The molecular formula is C12H30O4. The van der Waals surface area contributed by atoms with Gasteiger partial charge in [-0.3, -0.25) is 9.59 Å². The smallest absolute Gasteiger partial charge is 0.305 e. The van der Waals surface area contributed by atoms with Gasteiger partial charge in [-0.1, -0.05) is 42.0 Å². The molecule has 16 heavy (non-hydrogen) atoms. The molecule has 0 aromatic carbocycles. The number of carbonyl (C=O) groups is 2. The van der Waals surface area contributed by atoms with Gasteiger partial charge in [-0.15, -0.1) is 0 Å². The van der Waals surface area contributed by atoms with Crippen molar-refractivity contribution >= 4 is 11.9 Å². The molecule has 0 saturated heterocycles. The molecule has 102 valence electrons. The minimum atomic E-state index is -0.245. The Morgan fingerprint density at radius 1 is 0.938 bits per heavy atom. The summed E-state index contributed by atoms with van der Waals surface area (Å²) >= 11 is 0. The van der Waals surface area contributed by atoms with Crippen LogP contribution in [0.2, 0.25) is 0 Å². The van der Waals surface area contributed by atoms with Gasteiger partial charge in [-0.25, -0.2) is 0 Å². The molecule has 0 spiro atoms. The Labute approximate surface area is 101 Å². The van der Waals surface area contributed by atoms with Crippen molar-refractivity contribution < 1.29 is 19.1 Å². The minimum absolute atomic E-state index is 0. The molecule has 0 rings (SSSR count). The molecule has 0 unspecified atom stereocenters. The Balaban J connectivity index is -0.0000000373. The highest BCUT2D eigenvalue weighted by Gasteiger charge is 1.87. The molecule has 0 N–H and O–H groups in total. The Kier molecular flexibility index (Phi) is 53.6. The summed E-state index contributed by atoms with van der Waals surface area (Å²) in [6.07, 6.45) is 1.72. The van der Waals surface area contributed by atoms with Crippen LogP contribution < -0.4 is 0 Å². The number of esters is 2. The van der Waals surface area contributed by atoms with Crippen LogP contribution in [0.25, 0.3) is 0 Å². The zero-order valence-corrected chi connectivity index (χ0v) is 10.0. The van der Waals surface area contributed by atoms with E-state index < -0.39 is 0 Å². The maximum absolute atomic E-state index is 9.96. The normalized spacial score (nSPS) is 6.12. The van der Waals surface area contributed by atoms with Crippen LogP contribution in [0, 0.1) is 0 Å². The Bertz CT molecular complexity index is 127. The lowest BCUT2D eigenvalue weighted by Gasteiger charge is -1.87. The Hall–Kier alpha value is -1.06. The predicted octanol–water partition coefficient (Wildman–Crippen LogP) is 3.44. The Morgan fingerprint density at radius 2 is 1.19 bits per heavy atom. The lowest BCUT2D eigenvalue weighted by atomic mass is 10.5. The number of rotatable bonds is 1. The van der Waals surface area contributed by atoms with E-state index in [9.17, 15) is 9.59 Å². The van der Waals surface area contributed by atoms with Crippen molar-refractivity contribution in [3.05, 3.63) is 0 Å². The molecule has 0 atom stereocenters. The van der Waals surface area contributed by atoms with Crippen LogP contribution in [0.4, 0.5) is 0 Å². The fourth-order valence-corrected chi connectivity index (χ4v) is 0.144. The lowest BCUT2D eigenvalue weighted by Crippen LogP contribution is -1.94. The molecule has 0 aliphatic heterocycles. The van der Waals surface area contributed by atoms with Gasteiger partial charge >= 0.3 is 11.9 Å². The van der Waals surface area contributed by atoms with Gasteiger partial charge < -0.3 is 9.47 Å². The van der Waals surface area contributed by atoms with Crippen LogP contribution in [0.15, 0.2) is 0 Å². The third-order valence-corrected chi connectivity index (χ3v) is 0.804. The van der Waals surface area contributed by atoms with E-state index in [0.29, 0.717) is 6.42 Å². The molecular weight excluding hydrogens is 208 g/mol. The van der Waals surface area contributed by atoms with E-state index in [1.807, 2.05) is 0 Å². The monoisotopic (exact) mass is 238 g/mol. The third-order valence-electron chi connectivity index (χ3n) is 0.804. The van der Waals surface area contributed by atoms with Crippen LogP contribution >= 0.6 is 0 Å². The largest absolute Gasteiger partial charge is 0.469 e. The molecule has 0 radical (unpaired) electrons. The number of carbonyl (C=O) groups excluding carboxylic acids is 2. The molecule has 4 nitrogen and oxygen atoms in total. The van der Waals surface area contributed by atoms with Gasteiger partial charge in [0.05, 0.1) is 14.2 Å². The number of hydrogen-bond donors (Lipinski definition) is 0. The third kappa shape index (κ3) is 75.6. The van der Waals surface area contributed by atoms with E-state index in [2.05, 4.69) is 23.3 Å². The molecule has 0 aliphatic rings. The van der Waals surface area contributed by atoms with Crippen molar-refractivity contribution in [3.63, 3.8) is 0 Å². The van der Waals surface area contributed by atoms with E-state index in [0.717, 1.165) is 0 Å². The summed E-state index contributed by atoms with van der Waals surface area (Å²) in [6, 6.07) is 0. The first-order valence-electron chi connectivity index (χ1n) is 4.61. The second-order valence-corrected chi connectivity index (χ2v) is 2.33. The Morgan fingerprint density at radius 3 is 1.19 bits per heavy atom. The molecule has 0 saturated carbocycles. The summed E-state index contributed by atoms with van der Waals surface area (Å²) in [6.45, 7) is 7.37. The van der Waals surface area contributed by atoms with Crippen LogP contribution in [0.3, 0.4) is 0 Å². The average molecular weight is 238 g/mol. The van der Waals surface area contributed by atoms with Gasteiger partial charge in [-0.05, 0) is 0 Å². The van der Waals surface area contributed by atoms with Gasteiger partial charge in [0.1, 0.15) is 0 Å². The second kappa shape index (κ2) is 29.2. The van der Waals surface area contributed by atoms with Crippen LogP contribution in [-0.2, 0) is 19.1 Å². The highest BCUT2D eigenvalue weighted by Crippen LogP contribution is 1.76. The summed E-state index contributed by atoms with van der Waals surface area (Å²) in [5, 5.41) is 0. The first-order valence-corrected chi connectivity index (χ1v) is 4.61. The SMILES string of the molecule is C.C.CCC.CCC(=O)OC.COC(C)=O. The maximum atomic E-state index is 9.96. The predicted molar refractivity (Wildman–Crippen MR) is 69.4 cm³/mol. The highest BCUT2D eigenvalue weighted by atomic mass is 16.5. The molecule has 0 heterocycles. The maximum Gasteiger partial charge on any atom is 0.305 e.